The van der Waals surface area contributed by atoms with Gasteiger partial charge in [0.2, 0.25) is 0 Å². The predicted molar refractivity (Wildman–Crippen MR) is 108 cm³/mol. The number of amides is 1. The van der Waals surface area contributed by atoms with E-state index < -0.39 is 6.10 Å². The molecular weight excluding hydrogens is 358 g/mol. The molecule has 1 N–H and O–H groups in total. The van der Waals surface area contributed by atoms with Crippen LogP contribution in [0.3, 0.4) is 0 Å². The van der Waals surface area contributed by atoms with Crippen LogP contribution in [0.15, 0.2) is 18.2 Å². The number of nitrogens with one attached hydrogen (secondary N) is 1. The van der Waals surface area contributed by atoms with E-state index in [2.05, 4.69) is 19.2 Å². The van der Waals surface area contributed by atoms with Gasteiger partial charge in [0, 0.05) is 12.5 Å². The normalized spacial score (nSPS) is 22.8. The molecule has 1 amide bonds. The van der Waals surface area contributed by atoms with Crippen LogP contribution in [0.5, 0.6) is 11.5 Å². The van der Waals surface area contributed by atoms with Gasteiger partial charge >= 0.3 is 5.97 Å². The van der Waals surface area contributed by atoms with Gasteiger partial charge in [-0.15, -0.1) is 0 Å². The van der Waals surface area contributed by atoms with Crippen molar-refractivity contribution >= 4 is 11.9 Å². The molecule has 1 aliphatic rings. The van der Waals surface area contributed by atoms with E-state index >= 15 is 0 Å². The van der Waals surface area contributed by atoms with E-state index in [9.17, 15) is 9.59 Å². The van der Waals surface area contributed by atoms with Crippen LogP contribution in [0.25, 0.3) is 0 Å². The molecule has 1 fully saturated rings. The highest BCUT2D eigenvalue weighted by Gasteiger charge is 2.30. The highest BCUT2D eigenvalue weighted by molar-refractivity contribution is 5.83. The third-order valence-corrected chi connectivity index (χ3v) is 5.78. The Kier molecular flexibility index (Phi) is 8.15. The van der Waals surface area contributed by atoms with Crippen LogP contribution < -0.4 is 14.8 Å². The Hall–Kier alpha value is -2.24. The number of hydrogen-bond acceptors (Lipinski definition) is 5. The molecule has 6 heteroatoms. The van der Waals surface area contributed by atoms with E-state index in [0.717, 1.165) is 18.4 Å². The van der Waals surface area contributed by atoms with Gasteiger partial charge in [-0.05, 0) is 49.3 Å². The molecule has 0 saturated heterocycles. The van der Waals surface area contributed by atoms with Crippen molar-refractivity contribution in [2.75, 3.05) is 14.2 Å². The van der Waals surface area contributed by atoms with E-state index in [4.69, 9.17) is 14.2 Å². The molecule has 0 aromatic heterocycles. The molecule has 28 heavy (non-hydrogen) atoms. The first-order valence-electron chi connectivity index (χ1n) is 10.1. The molecule has 0 unspecified atom stereocenters. The van der Waals surface area contributed by atoms with Crippen molar-refractivity contribution in [3.63, 3.8) is 0 Å². The second kappa shape index (κ2) is 10.3. The van der Waals surface area contributed by atoms with Crippen LogP contribution in [0.2, 0.25) is 0 Å². The van der Waals surface area contributed by atoms with Gasteiger partial charge in [-0.25, -0.2) is 0 Å². The molecule has 1 aromatic rings. The summed E-state index contributed by atoms with van der Waals surface area (Å²) < 4.78 is 15.8. The Bertz CT molecular complexity index is 675. The molecule has 1 saturated carbocycles. The number of carbonyl (C=O) groups excluding carboxylic acids is 2. The molecule has 0 bridgehead atoms. The van der Waals surface area contributed by atoms with Crippen molar-refractivity contribution < 1.29 is 23.8 Å². The average Bonchev–Trinajstić information content (AvgIpc) is 2.69. The van der Waals surface area contributed by atoms with E-state index in [-0.39, 0.29) is 24.3 Å². The summed E-state index contributed by atoms with van der Waals surface area (Å²) in [6.07, 6.45) is 3.22. The van der Waals surface area contributed by atoms with Crippen molar-refractivity contribution in [3.05, 3.63) is 23.8 Å². The topological polar surface area (TPSA) is 73.9 Å². The summed E-state index contributed by atoms with van der Waals surface area (Å²) in [7, 11) is 3.15. The lowest BCUT2D eigenvalue weighted by Crippen LogP contribution is -2.47. The summed E-state index contributed by atoms with van der Waals surface area (Å²) in [6.45, 7) is 6.02. The smallest absolute Gasteiger partial charge is 0.306 e. The monoisotopic (exact) mass is 391 g/mol. The van der Waals surface area contributed by atoms with Crippen LogP contribution in [0, 0.1) is 11.8 Å². The zero-order valence-corrected chi connectivity index (χ0v) is 17.6. The van der Waals surface area contributed by atoms with Gasteiger partial charge in [0.05, 0.1) is 14.2 Å². The minimum Gasteiger partial charge on any atom is -0.493 e. The molecular formula is C22H33NO5. The molecule has 1 aliphatic carbocycles. The lowest BCUT2D eigenvalue weighted by molar-refractivity contribution is -0.155. The second-order valence-corrected chi connectivity index (χ2v) is 7.70. The SMILES string of the molecule is COc1ccc(CCC(=O)O[C@H](C)C(=O)N[C@@H]2CCC[C@H](C)[C@@H]2C)cc1OC. The molecule has 0 radical (unpaired) electrons. The second-order valence-electron chi connectivity index (χ2n) is 7.70. The minimum atomic E-state index is -0.790. The molecule has 0 spiro atoms. The lowest BCUT2D eigenvalue weighted by Gasteiger charge is -2.35. The quantitative estimate of drug-likeness (QED) is 0.687. The molecule has 0 aliphatic heterocycles. The maximum absolute atomic E-state index is 12.4. The fraction of sp³-hybridized carbons (Fsp3) is 0.636. The molecule has 1 aromatic carbocycles. The van der Waals surface area contributed by atoms with Crippen molar-refractivity contribution in [2.24, 2.45) is 11.8 Å². The summed E-state index contributed by atoms with van der Waals surface area (Å²) in [5.74, 6) is 1.69. The number of aryl methyl sites for hydroxylation is 1. The summed E-state index contributed by atoms with van der Waals surface area (Å²) >= 11 is 0. The largest absolute Gasteiger partial charge is 0.493 e. The van der Waals surface area contributed by atoms with Gasteiger partial charge in [-0.3, -0.25) is 9.59 Å². The van der Waals surface area contributed by atoms with Crippen LogP contribution in [0.4, 0.5) is 0 Å². The minimum absolute atomic E-state index is 0.157. The van der Waals surface area contributed by atoms with Crippen molar-refractivity contribution in [1.82, 2.24) is 5.32 Å². The van der Waals surface area contributed by atoms with E-state index in [1.807, 2.05) is 18.2 Å². The fourth-order valence-electron chi connectivity index (χ4n) is 3.68. The van der Waals surface area contributed by atoms with Crippen LogP contribution in [0.1, 0.15) is 52.0 Å². The van der Waals surface area contributed by atoms with Crippen molar-refractivity contribution in [2.45, 2.75) is 65.0 Å². The zero-order chi connectivity index (χ0) is 20.7. The number of ether oxygens (including phenoxy) is 3. The number of rotatable bonds is 8. The summed E-state index contributed by atoms with van der Waals surface area (Å²) in [5, 5.41) is 3.06. The predicted octanol–water partition coefficient (Wildman–Crippen LogP) is 3.51. The third kappa shape index (κ3) is 5.88. The Balaban J connectivity index is 1.81. The van der Waals surface area contributed by atoms with Crippen molar-refractivity contribution in [1.29, 1.82) is 0 Å². The Morgan fingerprint density at radius 1 is 1.14 bits per heavy atom. The number of methoxy groups -OCH3 is 2. The number of hydrogen-bond donors (Lipinski definition) is 1. The van der Waals surface area contributed by atoms with Crippen LogP contribution >= 0.6 is 0 Å². The number of benzene rings is 1. The molecule has 156 valence electrons. The average molecular weight is 392 g/mol. The zero-order valence-electron chi connectivity index (χ0n) is 17.6. The maximum Gasteiger partial charge on any atom is 0.306 e. The van der Waals surface area contributed by atoms with E-state index in [1.54, 1.807) is 21.1 Å². The summed E-state index contributed by atoms with van der Waals surface area (Å²) in [5.41, 5.74) is 0.941. The number of carbonyl (C=O) groups is 2. The van der Waals surface area contributed by atoms with Crippen LogP contribution in [-0.4, -0.2) is 38.2 Å². The maximum atomic E-state index is 12.4. The van der Waals surface area contributed by atoms with E-state index in [0.29, 0.717) is 29.8 Å². The third-order valence-electron chi connectivity index (χ3n) is 5.78. The van der Waals surface area contributed by atoms with Gasteiger partial charge in [0.15, 0.2) is 17.6 Å². The Morgan fingerprint density at radius 2 is 1.86 bits per heavy atom. The fourth-order valence-corrected chi connectivity index (χ4v) is 3.68. The first-order chi connectivity index (χ1) is 13.3. The summed E-state index contributed by atoms with van der Waals surface area (Å²) in [4.78, 5) is 24.6. The molecule has 0 heterocycles. The van der Waals surface area contributed by atoms with E-state index in [1.165, 1.54) is 6.42 Å². The van der Waals surface area contributed by atoms with Gasteiger partial charge < -0.3 is 19.5 Å². The summed E-state index contributed by atoms with van der Waals surface area (Å²) in [6, 6.07) is 5.69. The van der Waals surface area contributed by atoms with Gasteiger partial charge in [-0.2, -0.15) is 0 Å². The molecule has 4 atom stereocenters. The Labute approximate surface area is 167 Å². The van der Waals surface area contributed by atoms with Crippen molar-refractivity contribution in [3.8, 4) is 11.5 Å². The highest BCUT2D eigenvalue weighted by atomic mass is 16.5. The molecule has 6 nitrogen and oxygen atoms in total. The Morgan fingerprint density at radius 3 is 2.54 bits per heavy atom. The molecule has 2 rings (SSSR count). The number of esters is 1. The standard InChI is InChI=1S/C22H33NO5/c1-14-7-6-8-18(15(14)2)23-22(25)16(3)28-21(24)12-10-17-9-11-19(26-4)20(13-17)27-5/h9,11,13-16,18H,6-8,10,12H2,1-5H3,(H,23,25)/t14-,15-,16+,18+/m0/s1. The van der Waals surface area contributed by atoms with Crippen LogP contribution in [-0.2, 0) is 20.7 Å². The van der Waals surface area contributed by atoms with Gasteiger partial charge in [-0.1, -0.05) is 32.8 Å². The first kappa shape index (κ1) is 22.1. The van der Waals surface area contributed by atoms with Gasteiger partial charge in [0.1, 0.15) is 0 Å². The first-order valence-corrected chi connectivity index (χ1v) is 10.1. The lowest BCUT2D eigenvalue weighted by atomic mass is 9.78. The highest BCUT2D eigenvalue weighted by Crippen LogP contribution is 2.30. The van der Waals surface area contributed by atoms with Gasteiger partial charge in [0.25, 0.3) is 5.91 Å².